The van der Waals surface area contributed by atoms with Crippen molar-refractivity contribution in [2.24, 2.45) is 11.3 Å². The number of hydrogen-bond acceptors (Lipinski definition) is 4. The summed E-state index contributed by atoms with van der Waals surface area (Å²) in [5.41, 5.74) is 2.82. The van der Waals surface area contributed by atoms with Crippen LogP contribution >= 0.6 is 0 Å². The number of aliphatic hydroxyl groups is 1. The second-order valence-electron chi connectivity index (χ2n) is 14.0. The van der Waals surface area contributed by atoms with E-state index in [2.05, 4.69) is 30.2 Å². The summed E-state index contributed by atoms with van der Waals surface area (Å²) in [7, 11) is 1.70. The average Bonchev–Trinajstić information content (AvgIpc) is 3.51. The molecule has 2 aromatic carbocycles. The van der Waals surface area contributed by atoms with Gasteiger partial charge < -0.3 is 14.7 Å². The minimum Gasteiger partial charge on any atom is -0.496 e. The van der Waals surface area contributed by atoms with Gasteiger partial charge in [-0.15, -0.1) is 0 Å². The molecule has 3 aromatic rings. The van der Waals surface area contributed by atoms with Crippen LogP contribution in [0.15, 0.2) is 42.7 Å². The number of aryl methyl sites for hydroxylation is 1. The molecule has 8 heteroatoms. The van der Waals surface area contributed by atoms with E-state index < -0.39 is 17.7 Å². The van der Waals surface area contributed by atoms with Gasteiger partial charge in [-0.05, 0) is 125 Å². The van der Waals surface area contributed by atoms with Gasteiger partial charge in [-0.3, -0.25) is 9.48 Å². The standard InChI is InChI=1S/C36H45F2N3O3/c1-23(2)41-21-26(20-39-41)32-29(37)10-11-30(33(32)38)40(34(43)25-5-8-28(42)9-6-25)22-35-13-16-36(17-14-35,18-15-35)27-7-12-31(44-4)24(3)19-27/h7,10-12,19-21,23,25,28,42H,5-6,8-9,13-18,22H2,1-4H3. The summed E-state index contributed by atoms with van der Waals surface area (Å²) in [6.07, 6.45) is 10.9. The number of amides is 1. The minimum atomic E-state index is -0.719. The van der Waals surface area contributed by atoms with Crippen molar-refractivity contribution >= 4 is 11.6 Å². The number of rotatable bonds is 8. The molecule has 0 radical (unpaired) electrons. The van der Waals surface area contributed by atoms with Crippen LogP contribution in [0.1, 0.15) is 95.2 Å². The molecule has 0 unspecified atom stereocenters. The number of aromatic nitrogens is 2. The Morgan fingerprint density at radius 1 is 1.07 bits per heavy atom. The number of fused-ring (bicyclic) bond motifs is 3. The van der Waals surface area contributed by atoms with Crippen molar-refractivity contribution in [3.63, 3.8) is 0 Å². The van der Waals surface area contributed by atoms with Gasteiger partial charge in [0.15, 0.2) is 5.82 Å². The fraction of sp³-hybridized carbons (Fsp3) is 0.556. The number of aliphatic hydroxyl groups excluding tert-OH is 1. The highest BCUT2D eigenvalue weighted by Crippen LogP contribution is 2.58. The van der Waals surface area contributed by atoms with E-state index in [-0.39, 0.29) is 39.9 Å². The number of nitrogens with zero attached hydrogens (tertiary/aromatic N) is 3. The zero-order chi connectivity index (χ0) is 31.2. The molecule has 0 spiro atoms. The highest BCUT2D eigenvalue weighted by molar-refractivity contribution is 5.96. The number of carbonyl (C=O) groups is 1. The maximum atomic E-state index is 16.5. The van der Waals surface area contributed by atoms with Crippen molar-refractivity contribution in [2.45, 2.75) is 103 Å². The number of halogens is 2. The van der Waals surface area contributed by atoms with Gasteiger partial charge in [0.25, 0.3) is 0 Å². The van der Waals surface area contributed by atoms with E-state index in [0.717, 1.165) is 49.8 Å². The van der Waals surface area contributed by atoms with Gasteiger partial charge in [0.2, 0.25) is 5.91 Å². The molecule has 4 saturated carbocycles. The second kappa shape index (κ2) is 11.9. The topological polar surface area (TPSA) is 67.6 Å². The van der Waals surface area contributed by atoms with Crippen LogP contribution < -0.4 is 9.64 Å². The predicted octanol–water partition coefficient (Wildman–Crippen LogP) is 7.90. The Kier molecular flexibility index (Phi) is 8.33. The van der Waals surface area contributed by atoms with Crippen LogP contribution in [-0.4, -0.2) is 40.6 Å². The zero-order valence-electron chi connectivity index (χ0n) is 26.4. The molecule has 0 atom stereocenters. The quantitative estimate of drug-likeness (QED) is 0.283. The first-order valence-corrected chi connectivity index (χ1v) is 16.2. The van der Waals surface area contributed by atoms with Crippen molar-refractivity contribution in [2.75, 3.05) is 18.6 Å². The Morgan fingerprint density at radius 2 is 1.75 bits per heavy atom. The fourth-order valence-corrected chi connectivity index (χ4v) is 8.07. The van der Waals surface area contributed by atoms with Crippen molar-refractivity contribution in [3.8, 4) is 16.9 Å². The average molecular weight is 606 g/mol. The van der Waals surface area contributed by atoms with Crippen LogP contribution in [0.4, 0.5) is 14.5 Å². The normalized spacial score (nSPS) is 26.6. The predicted molar refractivity (Wildman–Crippen MR) is 168 cm³/mol. The van der Waals surface area contributed by atoms with Gasteiger partial charge in [0, 0.05) is 30.3 Å². The Morgan fingerprint density at radius 3 is 2.34 bits per heavy atom. The lowest BCUT2D eigenvalue weighted by molar-refractivity contribution is -0.124. The Bertz CT molecular complexity index is 1500. The molecule has 1 aromatic heterocycles. The van der Waals surface area contributed by atoms with Crippen molar-refractivity contribution in [1.82, 2.24) is 9.78 Å². The van der Waals surface area contributed by atoms with E-state index in [1.54, 1.807) is 22.9 Å². The molecule has 1 heterocycles. The van der Waals surface area contributed by atoms with E-state index in [9.17, 15) is 9.90 Å². The number of anilines is 1. The highest BCUT2D eigenvalue weighted by Gasteiger charge is 2.51. The first-order chi connectivity index (χ1) is 21.0. The van der Waals surface area contributed by atoms with Gasteiger partial charge in [-0.25, -0.2) is 8.78 Å². The van der Waals surface area contributed by atoms with Gasteiger partial charge in [0.05, 0.1) is 30.7 Å². The molecule has 1 N–H and O–H groups in total. The van der Waals surface area contributed by atoms with Gasteiger partial charge in [0.1, 0.15) is 11.6 Å². The van der Waals surface area contributed by atoms with Crippen LogP contribution in [0.5, 0.6) is 5.75 Å². The Balaban J connectivity index is 1.32. The van der Waals surface area contributed by atoms with Crippen LogP contribution in [-0.2, 0) is 10.2 Å². The Labute approximate surface area is 259 Å². The second-order valence-corrected chi connectivity index (χ2v) is 14.0. The highest BCUT2D eigenvalue weighted by atomic mass is 19.1. The molecule has 44 heavy (non-hydrogen) atoms. The van der Waals surface area contributed by atoms with Crippen LogP contribution in [0, 0.1) is 29.9 Å². The molecule has 236 valence electrons. The maximum absolute atomic E-state index is 16.5. The molecular weight excluding hydrogens is 560 g/mol. The van der Waals surface area contributed by atoms with Crippen LogP contribution in [0.25, 0.3) is 11.1 Å². The molecule has 0 aliphatic heterocycles. The van der Waals surface area contributed by atoms with E-state index in [1.807, 2.05) is 13.8 Å². The van der Waals surface area contributed by atoms with Crippen molar-refractivity contribution < 1.29 is 23.4 Å². The summed E-state index contributed by atoms with van der Waals surface area (Å²) < 4.78 is 39.0. The third-order valence-corrected chi connectivity index (χ3v) is 11.0. The fourth-order valence-electron chi connectivity index (χ4n) is 8.07. The first kappa shape index (κ1) is 30.8. The molecule has 4 fully saturated rings. The molecule has 0 saturated heterocycles. The summed E-state index contributed by atoms with van der Waals surface area (Å²) in [6.45, 7) is 6.41. The monoisotopic (exact) mass is 605 g/mol. The summed E-state index contributed by atoms with van der Waals surface area (Å²) in [5.74, 6) is -0.902. The van der Waals surface area contributed by atoms with Gasteiger partial charge >= 0.3 is 0 Å². The van der Waals surface area contributed by atoms with Crippen LogP contribution in [0.3, 0.4) is 0 Å². The van der Waals surface area contributed by atoms with Crippen LogP contribution in [0.2, 0.25) is 0 Å². The lowest BCUT2D eigenvalue weighted by Crippen LogP contribution is -2.52. The summed E-state index contributed by atoms with van der Waals surface area (Å²) in [4.78, 5) is 15.9. The van der Waals surface area contributed by atoms with Crippen molar-refractivity contribution in [3.05, 3.63) is 65.5 Å². The number of benzene rings is 2. The van der Waals surface area contributed by atoms with E-state index in [4.69, 9.17) is 4.74 Å². The number of ether oxygens (including phenoxy) is 1. The maximum Gasteiger partial charge on any atom is 0.230 e. The Hall–Kier alpha value is -3.26. The van der Waals surface area contributed by atoms with Crippen molar-refractivity contribution in [1.29, 1.82) is 0 Å². The lowest BCUT2D eigenvalue weighted by Gasteiger charge is -2.55. The molecule has 7 rings (SSSR count). The van der Waals surface area contributed by atoms with Gasteiger partial charge in [-0.2, -0.15) is 5.10 Å². The summed E-state index contributed by atoms with van der Waals surface area (Å²) in [5, 5.41) is 14.4. The van der Waals surface area contributed by atoms with E-state index in [1.165, 1.54) is 23.9 Å². The molecule has 1 amide bonds. The zero-order valence-corrected chi connectivity index (χ0v) is 26.4. The summed E-state index contributed by atoms with van der Waals surface area (Å²) >= 11 is 0. The number of carbonyl (C=O) groups excluding carboxylic acids is 1. The number of hydrogen-bond donors (Lipinski definition) is 1. The van der Waals surface area contributed by atoms with Gasteiger partial charge in [-0.1, -0.05) is 12.1 Å². The minimum absolute atomic E-state index is 0.0448. The molecular formula is C36H45F2N3O3. The lowest BCUT2D eigenvalue weighted by atomic mass is 9.51. The first-order valence-electron chi connectivity index (χ1n) is 16.2. The smallest absolute Gasteiger partial charge is 0.230 e. The van der Waals surface area contributed by atoms with E-state index >= 15 is 8.78 Å². The molecule has 4 aliphatic rings. The molecule has 6 nitrogen and oxygen atoms in total. The van der Waals surface area contributed by atoms with E-state index in [0.29, 0.717) is 37.8 Å². The molecule has 4 aliphatic carbocycles. The number of methoxy groups -OCH3 is 1. The SMILES string of the molecule is COc1ccc(C23CCC(CN(C(=O)C4CCC(O)CC4)c4ccc(F)c(-c5cnn(C(C)C)c5)c4F)(CC2)CC3)cc1C. The molecule has 2 bridgehead atoms. The third kappa shape index (κ3) is 5.55. The largest absolute Gasteiger partial charge is 0.496 e. The third-order valence-electron chi connectivity index (χ3n) is 11.0. The summed E-state index contributed by atoms with van der Waals surface area (Å²) in [6, 6.07) is 9.29.